The molecule has 0 atom stereocenters. The fraction of sp³-hybridized carbons (Fsp3) is 0.125. The molecule has 3 amide bonds. The molecule has 5 nitrogen and oxygen atoms in total. The van der Waals surface area contributed by atoms with Crippen LogP contribution in [0.25, 0.3) is 0 Å². The van der Waals surface area contributed by atoms with Crippen molar-refractivity contribution < 1.29 is 14.4 Å². The van der Waals surface area contributed by atoms with Crippen LogP contribution in [0.2, 0.25) is 0 Å². The molecule has 0 saturated heterocycles. The van der Waals surface area contributed by atoms with Crippen molar-refractivity contribution in [2.24, 2.45) is 0 Å². The quantitative estimate of drug-likeness (QED) is 0.668. The van der Waals surface area contributed by atoms with E-state index in [-0.39, 0.29) is 17.4 Å². The van der Waals surface area contributed by atoms with E-state index in [9.17, 15) is 14.4 Å². The van der Waals surface area contributed by atoms with E-state index in [2.05, 4.69) is 5.32 Å². The highest BCUT2D eigenvalue weighted by atomic mass is 16.2. The second-order valence-corrected chi connectivity index (χ2v) is 7.31. The molecule has 4 rings (SSSR count). The molecular weight excluding hydrogens is 364 g/mol. The van der Waals surface area contributed by atoms with Crippen molar-refractivity contribution in [1.29, 1.82) is 0 Å². The number of hydrogen-bond donors (Lipinski definition) is 1. The maximum atomic E-state index is 12.9. The Balaban J connectivity index is 1.63. The first kappa shape index (κ1) is 18.6. The number of nitrogens with one attached hydrogen (secondary N) is 1. The van der Waals surface area contributed by atoms with E-state index in [1.54, 1.807) is 24.3 Å². The molecule has 1 N–H and O–H groups in total. The summed E-state index contributed by atoms with van der Waals surface area (Å²) < 4.78 is 0. The minimum atomic E-state index is -0.421. The summed E-state index contributed by atoms with van der Waals surface area (Å²) in [6, 6.07) is 17.5. The zero-order chi connectivity index (χ0) is 20.7. The summed E-state index contributed by atoms with van der Waals surface area (Å²) in [6.45, 7) is 5.85. The zero-order valence-corrected chi connectivity index (χ0v) is 16.4. The highest BCUT2D eigenvalue weighted by molar-refractivity contribution is 6.34. The van der Waals surface area contributed by atoms with Gasteiger partial charge in [-0.25, -0.2) is 4.90 Å². The van der Waals surface area contributed by atoms with Gasteiger partial charge in [0, 0.05) is 11.3 Å². The Morgan fingerprint density at radius 3 is 2.10 bits per heavy atom. The summed E-state index contributed by atoms with van der Waals surface area (Å²) in [5, 5.41) is 2.87. The smallest absolute Gasteiger partial charge is 0.266 e. The van der Waals surface area contributed by atoms with Crippen LogP contribution in [-0.4, -0.2) is 17.7 Å². The summed E-state index contributed by atoms with van der Waals surface area (Å²) in [6.07, 6.45) is 0. The third-order valence-electron chi connectivity index (χ3n) is 5.07. The molecular formula is C24H20N2O3. The second kappa shape index (κ2) is 7.02. The molecule has 1 heterocycles. The van der Waals surface area contributed by atoms with Crippen molar-refractivity contribution in [3.05, 3.63) is 94.0 Å². The number of nitrogens with zero attached hydrogens (tertiary/aromatic N) is 1. The predicted octanol–water partition coefficient (Wildman–Crippen LogP) is 4.66. The van der Waals surface area contributed by atoms with Crippen LogP contribution in [0.1, 0.15) is 47.8 Å². The zero-order valence-electron chi connectivity index (χ0n) is 16.4. The van der Waals surface area contributed by atoms with Gasteiger partial charge < -0.3 is 5.32 Å². The molecule has 29 heavy (non-hydrogen) atoms. The fourth-order valence-electron chi connectivity index (χ4n) is 3.46. The Hall–Kier alpha value is -3.73. The number of carbonyl (C=O) groups excluding carboxylic acids is 3. The van der Waals surface area contributed by atoms with E-state index < -0.39 is 5.91 Å². The van der Waals surface area contributed by atoms with E-state index in [0.29, 0.717) is 22.5 Å². The van der Waals surface area contributed by atoms with Crippen molar-refractivity contribution in [2.75, 3.05) is 10.2 Å². The molecule has 0 bridgehead atoms. The van der Waals surface area contributed by atoms with Gasteiger partial charge in [0.2, 0.25) is 0 Å². The first-order chi connectivity index (χ1) is 13.8. The number of rotatable bonds is 3. The minimum absolute atomic E-state index is 0.240. The molecule has 0 aromatic heterocycles. The first-order valence-corrected chi connectivity index (χ1v) is 9.33. The van der Waals surface area contributed by atoms with E-state index in [4.69, 9.17) is 0 Å². The van der Waals surface area contributed by atoms with E-state index in [0.717, 1.165) is 21.6 Å². The number of imide groups is 1. The molecule has 1 aliphatic heterocycles. The van der Waals surface area contributed by atoms with Crippen LogP contribution >= 0.6 is 0 Å². The van der Waals surface area contributed by atoms with E-state index >= 15 is 0 Å². The minimum Gasteiger partial charge on any atom is -0.322 e. The lowest BCUT2D eigenvalue weighted by molar-refractivity contribution is 0.0925. The van der Waals surface area contributed by atoms with Crippen LogP contribution in [0.5, 0.6) is 0 Å². The highest BCUT2D eigenvalue weighted by Crippen LogP contribution is 2.29. The van der Waals surface area contributed by atoms with Crippen molar-refractivity contribution in [2.45, 2.75) is 20.8 Å². The van der Waals surface area contributed by atoms with Gasteiger partial charge in [0.25, 0.3) is 17.7 Å². The number of anilines is 2. The van der Waals surface area contributed by atoms with Gasteiger partial charge in [-0.3, -0.25) is 14.4 Å². The molecule has 0 saturated carbocycles. The topological polar surface area (TPSA) is 66.5 Å². The molecule has 0 aliphatic carbocycles. The lowest BCUT2D eigenvalue weighted by Gasteiger charge is -2.13. The van der Waals surface area contributed by atoms with Crippen LogP contribution < -0.4 is 10.2 Å². The number of hydrogen-bond acceptors (Lipinski definition) is 3. The van der Waals surface area contributed by atoms with E-state index in [1.807, 2.05) is 51.1 Å². The van der Waals surface area contributed by atoms with Crippen molar-refractivity contribution in [1.82, 2.24) is 0 Å². The third-order valence-corrected chi connectivity index (χ3v) is 5.07. The van der Waals surface area contributed by atoms with Crippen LogP contribution in [0, 0.1) is 20.8 Å². The van der Waals surface area contributed by atoms with Crippen LogP contribution in [0.4, 0.5) is 11.4 Å². The Kier molecular flexibility index (Phi) is 4.51. The number of aryl methyl sites for hydroxylation is 3. The highest BCUT2D eigenvalue weighted by Gasteiger charge is 2.37. The number of amides is 3. The summed E-state index contributed by atoms with van der Waals surface area (Å²) in [5.41, 5.74) is 5.20. The van der Waals surface area contributed by atoms with Crippen LogP contribution in [0.15, 0.2) is 60.7 Å². The molecule has 0 spiro atoms. The van der Waals surface area contributed by atoms with Gasteiger partial charge in [-0.2, -0.15) is 0 Å². The second-order valence-electron chi connectivity index (χ2n) is 7.31. The van der Waals surface area contributed by atoms with Gasteiger partial charge in [0.1, 0.15) is 0 Å². The SMILES string of the molecule is Cc1ccc(N2C(=O)c3ccc(C(=O)Nc4ccc(C)cc4C)cc3C2=O)cc1. The molecule has 3 aromatic rings. The van der Waals surface area contributed by atoms with Gasteiger partial charge in [0.15, 0.2) is 0 Å². The monoisotopic (exact) mass is 384 g/mol. The normalized spacial score (nSPS) is 12.9. The summed E-state index contributed by atoms with van der Waals surface area (Å²) in [5.74, 6) is -1.13. The third kappa shape index (κ3) is 3.31. The lowest BCUT2D eigenvalue weighted by Crippen LogP contribution is -2.29. The average molecular weight is 384 g/mol. The molecule has 1 aliphatic rings. The van der Waals surface area contributed by atoms with Gasteiger partial charge in [-0.15, -0.1) is 0 Å². The Morgan fingerprint density at radius 1 is 0.759 bits per heavy atom. The van der Waals surface area contributed by atoms with Crippen molar-refractivity contribution in [3.63, 3.8) is 0 Å². The lowest BCUT2D eigenvalue weighted by atomic mass is 10.0. The first-order valence-electron chi connectivity index (χ1n) is 9.33. The Labute approximate surface area is 169 Å². The van der Waals surface area contributed by atoms with Crippen molar-refractivity contribution in [3.8, 4) is 0 Å². The maximum absolute atomic E-state index is 12.9. The molecule has 0 radical (unpaired) electrons. The predicted molar refractivity (Wildman–Crippen MR) is 113 cm³/mol. The molecule has 0 unspecified atom stereocenters. The fourth-order valence-corrected chi connectivity index (χ4v) is 3.46. The van der Waals surface area contributed by atoms with E-state index in [1.165, 1.54) is 6.07 Å². The molecule has 144 valence electrons. The standard InChI is InChI=1S/C24H20N2O3/c1-14-4-8-18(9-5-14)26-23(28)19-10-7-17(13-20(19)24(26)29)22(27)25-21-11-6-15(2)12-16(21)3/h4-13H,1-3H3,(H,25,27). The summed E-state index contributed by atoms with van der Waals surface area (Å²) >= 11 is 0. The summed E-state index contributed by atoms with van der Waals surface area (Å²) in [4.78, 5) is 39.5. The van der Waals surface area contributed by atoms with Gasteiger partial charge >= 0.3 is 0 Å². The summed E-state index contributed by atoms with van der Waals surface area (Å²) in [7, 11) is 0. The molecule has 5 heteroatoms. The van der Waals surface area contributed by atoms with Gasteiger partial charge in [-0.1, -0.05) is 35.4 Å². The average Bonchev–Trinajstić information content (AvgIpc) is 2.95. The van der Waals surface area contributed by atoms with Crippen LogP contribution in [-0.2, 0) is 0 Å². The number of fused-ring (bicyclic) bond motifs is 1. The Bertz CT molecular complexity index is 1160. The number of carbonyl (C=O) groups is 3. The number of benzene rings is 3. The molecule has 3 aromatic carbocycles. The van der Waals surface area contributed by atoms with Crippen molar-refractivity contribution >= 4 is 29.1 Å². The largest absolute Gasteiger partial charge is 0.322 e. The van der Waals surface area contributed by atoms with Gasteiger partial charge in [0.05, 0.1) is 16.8 Å². The Morgan fingerprint density at radius 2 is 1.41 bits per heavy atom. The van der Waals surface area contributed by atoms with Crippen LogP contribution in [0.3, 0.4) is 0 Å². The maximum Gasteiger partial charge on any atom is 0.266 e. The van der Waals surface area contributed by atoms with Gasteiger partial charge in [-0.05, 0) is 62.7 Å². The molecule has 0 fully saturated rings.